The van der Waals surface area contributed by atoms with E-state index in [-0.39, 0.29) is 11.6 Å². The lowest BCUT2D eigenvalue weighted by molar-refractivity contribution is 0.150. The number of anilines is 1. The van der Waals surface area contributed by atoms with Crippen LogP contribution in [-0.2, 0) is 4.74 Å². The van der Waals surface area contributed by atoms with E-state index in [2.05, 4.69) is 6.92 Å². The molecule has 1 atom stereocenters. The average molecular weight is 260 g/mol. The topological polar surface area (TPSA) is 57.2 Å². The van der Waals surface area contributed by atoms with Crippen LogP contribution in [0.25, 0.3) is 10.8 Å². The Morgan fingerprint density at radius 2 is 2.11 bits per heavy atom. The quantitative estimate of drug-likeness (QED) is 0.899. The second-order valence-corrected chi connectivity index (χ2v) is 4.73. The fourth-order valence-corrected chi connectivity index (χ4v) is 2.48. The van der Waals surface area contributed by atoms with Gasteiger partial charge in [0.25, 0.3) is 5.56 Å². The molecule has 1 aromatic carbocycles. The fraction of sp³-hybridized carbons (Fsp3) is 0.400. The van der Waals surface area contributed by atoms with Crippen LogP contribution >= 0.6 is 0 Å². The number of benzene rings is 1. The summed E-state index contributed by atoms with van der Waals surface area (Å²) >= 11 is 0. The zero-order valence-corrected chi connectivity index (χ0v) is 11.4. The van der Waals surface area contributed by atoms with E-state index in [0.717, 1.165) is 18.2 Å². The highest BCUT2D eigenvalue weighted by atomic mass is 16.5. The second-order valence-electron chi connectivity index (χ2n) is 4.73. The van der Waals surface area contributed by atoms with E-state index >= 15 is 0 Å². The molecule has 0 aliphatic rings. The summed E-state index contributed by atoms with van der Waals surface area (Å²) in [5.41, 5.74) is 6.02. The van der Waals surface area contributed by atoms with Crippen molar-refractivity contribution in [3.05, 3.63) is 40.7 Å². The number of nitrogens with zero attached hydrogens (tertiary/aromatic N) is 1. The molecule has 0 aliphatic carbocycles. The van der Waals surface area contributed by atoms with Gasteiger partial charge in [0.05, 0.1) is 12.6 Å². The Morgan fingerprint density at radius 3 is 2.79 bits per heavy atom. The maximum absolute atomic E-state index is 12.6. The Labute approximate surface area is 112 Å². The number of hydrogen-bond acceptors (Lipinski definition) is 3. The number of fused-ring (bicyclic) bond motifs is 1. The number of ether oxygens (including phenoxy) is 1. The Bertz CT molecular complexity index is 613. The third-order valence-electron chi connectivity index (χ3n) is 3.34. The summed E-state index contributed by atoms with van der Waals surface area (Å²) in [4.78, 5) is 12.6. The lowest BCUT2D eigenvalue weighted by Crippen LogP contribution is -2.29. The monoisotopic (exact) mass is 260 g/mol. The van der Waals surface area contributed by atoms with E-state index in [4.69, 9.17) is 10.5 Å². The summed E-state index contributed by atoms with van der Waals surface area (Å²) in [5.74, 6) is 0.499. The SMILES string of the molecule is CCCC(COC)n1c(N)cc2ccccc2c1=O. The summed E-state index contributed by atoms with van der Waals surface area (Å²) in [6.07, 6.45) is 1.85. The van der Waals surface area contributed by atoms with Gasteiger partial charge in [0.2, 0.25) is 0 Å². The van der Waals surface area contributed by atoms with Crippen molar-refractivity contribution >= 4 is 16.6 Å². The first-order chi connectivity index (χ1) is 9.19. The smallest absolute Gasteiger partial charge is 0.260 e. The minimum absolute atomic E-state index is 0.00731. The van der Waals surface area contributed by atoms with Crippen LogP contribution in [0.2, 0.25) is 0 Å². The lowest BCUT2D eigenvalue weighted by Gasteiger charge is -2.21. The molecule has 4 heteroatoms. The molecule has 2 rings (SSSR count). The van der Waals surface area contributed by atoms with Crippen molar-refractivity contribution in [2.24, 2.45) is 0 Å². The van der Waals surface area contributed by atoms with Crippen molar-refractivity contribution in [2.45, 2.75) is 25.8 Å². The van der Waals surface area contributed by atoms with Gasteiger partial charge in [0, 0.05) is 12.5 Å². The minimum Gasteiger partial charge on any atom is -0.385 e. The zero-order chi connectivity index (χ0) is 13.8. The van der Waals surface area contributed by atoms with Gasteiger partial charge in [0.1, 0.15) is 5.82 Å². The molecule has 4 nitrogen and oxygen atoms in total. The maximum Gasteiger partial charge on any atom is 0.260 e. The Morgan fingerprint density at radius 1 is 1.37 bits per heavy atom. The van der Waals surface area contributed by atoms with Gasteiger partial charge in [0.15, 0.2) is 0 Å². The number of nitrogen functional groups attached to an aromatic ring is 1. The second kappa shape index (κ2) is 5.89. The van der Waals surface area contributed by atoms with Crippen LogP contribution in [0, 0.1) is 0 Å². The summed E-state index contributed by atoms with van der Waals surface area (Å²) in [5, 5.41) is 1.59. The first-order valence-electron chi connectivity index (χ1n) is 6.57. The van der Waals surface area contributed by atoms with E-state index in [1.807, 2.05) is 30.3 Å². The van der Waals surface area contributed by atoms with Crippen molar-refractivity contribution < 1.29 is 4.74 Å². The van der Waals surface area contributed by atoms with Gasteiger partial charge < -0.3 is 10.5 Å². The van der Waals surface area contributed by atoms with Crippen molar-refractivity contribution in [1.82, 2.24) is 4.57 Å². The number of pyridine rings is 1. The largest absolute Gasteiger partial charge is 0.385 e. The van der Waals surface area contributed by atoms with Gasteiger partial charge in [-0.3, -0.25) is 9.36 Å². The van der Waals surface area contributed by atoms with E-state index in [1.54, 1.807) is 11.7 Å². The van der Waals surface area contributed by atoms with Crippen LogP contribution in [-0.4, -0.2) is 18.3 Å². The Balaban J connectivity index is 2.61. The van der Waals surface area contributed by atoms with Crippen LogP contribution in [0.15, 0.2) is 35.1 Å². The Hall–Kier alpha value is -1.81. The van der Waals surface area contributed by atoms with Crippen molar-refractivity contribution in [3.8, 4) is 0 Å². The molecular formula is C15H20N2O2. The first-order valence-corrected chi connectivity index (χ1v) is 6.57. The number of hydrogen-bond donors (Lipinski definition) is 1. The molecule has 19 heavy (non-hydrogen) atoms. The van der Waals surface area contributed by atoms with Gasteiger partial charge in [-0.25, -0.2) is 0 Å². The summed E-state index contributed by atoms with van der Waals surface area (Å²) in [6.45, 7) is 2.58. The standard InChI is InChI=1S/C15H20N2O2/c1-3-6-12(10-19-2)17-14(16)9-11-7-4-5-8-13(11)15(17)18/h4-5,7-9,12H,3,6,10,16H2,1-2H3. The Kier molecular flexibility index (Phi) is 4.22. The third-order valence-corrected chi connectivity index (χ3v) is 3.34. The number of nitrogens with two attached hydrogens (primary N) is 1. The molecule has 1 aromatic heterocycles. The van der Waals surface area contributed by atoms with Crippen LogP contribution in [0.4, 0.5) is 5.82 Å². The molecule has 0 spiro atoms. The molecule has 0 fully saturated rings. The lowest BCUT2D eigenvalue weighted by atomic mass is 10.1. The zero-order valence-electron chi connectivity index (χ0n) is 11.4. The van der Waals surface area contributed by atoms with E-state index in [9.17, 15) is 4.79 Å². The normalized spacial score (nSPS) is 12.7. The highest BCUT2D eigenvalue weighted by molar-refractivity contribution is 5.83. The average Bonchev–Trinajstić information content (AvgIpc) is 2.39. The highest BCUT2D eigenvalue weighted by Crippen LogP contribution is 2.20. The molecule has 0 saturated heterocycles. The summed E-state index contributed by atoms with van der Waals surface area (Å²) < 4.78 is 6.88. The van der Waals surface area contributed by atoms with Crippen molar-refractivity contribution in [2.75, 3.05) is 19.5 Å². The number of rotatable bonds is 5. The van der Waals surface area contributed by atoms with Crippen LogP contribution in [0.1, 0.15) is 25.8 Å². The fourth-order valence-electron chi connectivity index (χ4n) is 2.48. The first kappa shape index (κ1) is 13.6. The molecule has 0 radical (unpaired) electrons. The van der Waals surface area contributed by atoms with Crippen molar-refractivity contribution in [1.29, 1.82) is 0 Å². The predicted molar refractivity (Wildman–Crippen MR) is 78.4 cm³/mol. The molecule has 102 valence electrons. The third kappa shape index (κ3) is 2.63. The molecule has 2 aromatic rings. The van der Waals surface area contributed by atoms with Gasteiger partial charge in [-0.1, -0.05) is 31.5 Å². The molecule has 0 saturated carbocycles. The van der Waals surface area contributed by atoms with Crippen LogP contribution in [0.3, 0.4) is 0 Å². The molecule has 0 aliphatic heterocycles. The van der Waals surface area contributed by atoms with E-state index < -0.39 is 0 Å². The summed E-state index contributed by atoms with van der Waals surface area (Å²) in [6, 6.07) is 9.37. The van der Waals surface area contributed by atoms with Crippen molar-refractivity contribution in [3.63, 3.8) is 0 Å². The predicted octanol–water partition coefficient (Wildman–Crippen LogP) is 2.57. The molecule has 0 bridgehead atoms. The molecular weight excluding hydrogens is 240 g/mol. The minimum atomic E-state index is -0.0360. The van der Waals surface area contributed by atoms with Gasteiger partial charge in [-0.15, -0.1) is 0 Å². The van der Waals surface area contributed by atoms with Gasteiger partial charge >= 0.3 is 0 Å². The number of aromatic nitrogens is 1. The molecule has 0 amide bonds. The number of methoxy groups -OCH3 is 1. The van der Waals surface area contributed by atoms with Crippen LogP contribution in [0.5, 0.6) is 0 Å². The van der Waals surface area contributed by atoms with Gasteiger partial charge in [-0.2, -0.15) is 0 Å². The summed E-state index contributed by atoms with van der Waals surface area (Å²) in [7, 11) is 1.64. The van der Waals surface area contributed by atoms with E-state index in [0.29, 0.717) is 17.8 Å². The molecule has 1 heterocycles. The highest BCUT2D eigenvalue weighted by Gasteiger charge is 2.16. The van der Waals surface area contributed by atoms with Crippen LogP contribution < -0.4 is 11.3 Å². The van der Waals surface area contributed by atoms with E-state index in [1.165, 1.54) is 0 Å². The molecule has 1 unspecified atom stereocenters. The van der Waals surface area contributed by atoms with Gasteiger partial charge in [-0.05, 0) is 23.9 Å². The molecule has 2 N–H and O–H groups in total. The maximum atomic E-state index is 12.6.